The summed E-state index contributed by atoms with van der Waals surface area (Å²) in [4.78, 5) is 16.5. The molecule has 2 rings (SSSR count). The van der Waals surface area contributed by atoms with E-state index in [0.29, 0.717) is 12.4 Å². The molecule has 0 fully saturated rings. The van der Waals surface area contributed by atoms with Gasteiger partial charge in [-0.25, -0.2) is 9.78 Å². The molecule has 0 unspecified atom stereocenters. The van der Waals surface area contributed by atoms with Crippen LogP contribution in [-0.4, -0.2) is 35.9 Å². The van der Waals surface area contributed by atoms with Crippen LogP contribution in [0.4, 0.5) is 10.5 Å². The molecule has 0 saturated carbocycles. The molecule has 7 heteroatoms. The van der Waals surface area contributed by atoms with E-state index >= 15 is 0 Å². The summed E-state index contributed by atoms with van der Waals surface area (Å²) in [6, 6.07) is 8.71. The van der Waals surface area contributed by atoms with Crippen molar-refractivity contribution >= 4 is 25.4 Å². The lowest BCUT2D eigenvalue weighted by Crippen LogP contribution is -2.27. The highest BCUT2D eigenvalue weighted by atomic mass is 28.3. The van der Waals surface area contributed by atoms with Gasteiger partial charge in [0.1, 0.15) is 12.3 Å². The average molecular weight is 444 g/mol. The zero-order valence-electron chi connectivity index (χ0n) is 20.0. The molecule has 0 aliphatic carbocycles. The molecule has 2 aromatic rings. The topological polar surface area (TPSA) is 65.4 Å². The maximum Gasteiger partial charge on any atom is 0.412 e. The van der Waals surface area contributed by atoms with E-state index in [1.165, 1.54) is 0 Å². The Hall–Kier alpha value is -2.38. The van der Waals surface area contributed by atoms with Crippen molar-refractivity contribution in [2.75, 3.05) is 11.9 Å². The van der Waals surface area contributed by atoms with E-state index < -0.39 is 19.8 Å². The Morgan fingerprint density at radius 1 is 1.19 bits per heavy atom. The Morgan fingerprint density at radius 3 is 2.39 bits per heavy atom. The Labute approximate surface area is 187 Å². The molecule has 0 bridgehead atoms. The molecule has 0 aliphatic heterocycles. The standard InChI is InChI=1S/C24H37N3O3Si/c1-9-21-22(27(16-25-21)17-29-14-15-31(6,7)8)18(2)19-10-12-20(13-11-19)26-23(28)30-24(3,4)5/h10-13,16H,2,9,14-15,17H2,1,3-8H3,(H,26,28). The van der Waals surface area contributed by atoms with Gasteiger partial charge in [-0.2, -0.15) is 0 Å². The number of nitrogens with zero attached hydrogens (tertiary/aromatic N) is 2. The number of hydrogen-bond acceptors (Lipinski definition) is 4. The molecule has 1 heterocycles. The van der Waals surface area contributed by atoms with Crippen LogP contribution in [0.2, 0.25) is 25.7 Å². The van der Waals surface area contributed by atoms with Crippen molar-refractivity contribution in [2.45, 2.75) is 72.1 Å². The molecule has 1 amide bonds. The number of carbonyl (C=O) groups excluding carboxylic acids is 1. The molecule has 1 N–H and O–H groups in total. The fourth-order valence-corrected chi connectivity index (χ4v) is 3.74. The van der Waals surface area contributed by atoms with Crippen molar-refractivity contribution in [2.24, 2.45) is 0 Å². The number of benzene rings is 1. The Kier molecular flexibility index (Phi) is 8.25. The molecular weight excluding hydrogens is 406 g/mol. The second kappa shape index (κ2) is 10.3. The predicted molar refractivity (Wildman–Crippen MR) is 130 cm³/mol. The van der Waals surface area contributed by atoms with Gasteiger partial charge in [0.15, 0.2) is 0 Å². The average Bonchev–Trinajstić information content (AvgIpc) is 3.06. The summed E-state index contributed by atoms with van der Waals surface area (Å²) in [7, 11) is -1.12. The predicted octanol–water partition coefficient (Wildman–Crippen LogP) is 6.17. The minimum atomic E-state index is -1.12. The molecule has 6 nitrogen and oxygen atoms in total. The summed E-state index contributed by atoms with van der Waals surface area (Å²) in [5, 5.41) is 2.75. The van der Waals surface area contributed by atoms with Crippen LogP contribution >= 0.6 is 0 Å². The van der Waals surface area contributed by atoms with Crippen LogP contribution in [0.5, 0.6) is 0 Å². The van der Waals surface area contributed by atoms with Crippen LogP contribution < -0.4 is 5.32 Å². The number of ether oxygens (including phenoxy) is 2. The van der Waals surface area contributed by atoms with Crippen LogP contribution in [0.15, 0.2) is 37.2 Å². The zero-order valence-corrected chi connectivity index (χ0v) is 21.0. The van der Waals surface area contributed by atoms with Gasteiger partial charge in [0.25, 0.3) is 0 Å². The highest BCUT2D eigenvalue weighted by Crippen LogP contribution is 2.26. The van der Waals surface area contributed by atoms with Crippen molar-refractivity contribution in [3.05, 3.63) is 54.1 Å². The van der Waals surface area contributed by atoms with E-state index in [0.717, 1.165) is 41.6 Å². The minimum absolute atomic E-state index is 0.462. The SMILES string of the molecule is C=C(c1ccc(NC(=O)OC(C)(C)C)cc1)c1c(CC)ncn1COCC[Si](C)(C)C. The summed E-state index contributed by atoms with van der Waals surface area (Å²) in [6.45, 7) is 20.2. The fraction of sp³-hybridized carbons (Fsp3) is 0.500. The summed E-state index contributed by atoms with van der Waals surface area (Å²) in [5.74, 6) is 0. The van der Waals surface area contributed by atoms with E-state index in [2.05, 4.69) is 43.4 Å². The van der Waals surface area contributed by atoms with Crippen LogP contribution in [-0.2, 0) is 22.6 Å². The second-order valence-corrected chi connectivity index (χ2v) is 15.5. The highest BCUT2D eigenvalue weighted by Gasteiger charge is 2.18. The maximum absolute atomic E-state index is 12.0. The second-order valence-electron chi connectivity index (χ2n) is 9.89. The molecule has 0 radical (unpaired) electrons. The van der Waals surface area contributed by atoms with Crippen molar-refractivity contribution < 1.29 is 14.3 Å². The normalized spacial score (nSPS) is 12.0. The van der Waals surface area contributed by atoms with Crippen molar-refractivity contribution in [1.82, 2.24) is 9.55 Å². The number of aromatic nitrogens is 2. The molecular formula is C24H37N3O3Si. The minimum Gasteiger partial charge on any atom is -0.444 e. The van der Waals surface area contributed by atoms with Gasteiger partial charge in [-0.05, 0) is 50.9 Å². The van der Waals surface area contributed by atoms with Gasteiger partial charge >= 0.3 is 6.09 Å². The fourth-order valence-electron chi connectivity index (χ4n) is 2.98. The third-order valence-electron chi connectivity index (χ3n) is 4.64. The number of rotatable bonds is 9. The summed E-state index contributed by atoms with van der Waals surface area (Å²) >= 11 is 0. The quantitative estimate of drug-likeness (QED) is 0.372. The maximum atomic E-state index is 12.0. The highest BCUT2D eigenvalue weighted by molar-refractivity contribution is 6.76. The van der Waals surface area contributed by atoms with Gasteiger partial charge in [-0.15, -0.1) is 0 Å². The number of imidazole rings is 1. The van der Waals surface area contributed by atoms with E-state index in [-0.39, 0.29) is 0 Å². The van der Waals surface area contributed by atoms with Crippen LogP contribution in [0, 0.1) is 0 Å². The monoisotopic (exact) mass is 443 g/mol. The molecule has 0 atom stereocenters. The lowest BCUT2D eigenvalue weighted by atomic mass is 10.0. The van der Waals surface area contributed by atoms with Gasteiger partial charge in [-0.3, -0.25) is 5.32 Å². The third-order valence-corrected chi connectivity index (χ3v) is 6.34. The van der Waals surface area contributed by atoms with Crippen LogP contribution in [0.1, 0.15) is 44.6 Å². The molecule has 1 aromatic heterocycles. The Morgan fingerprint density at radius 2 is 1.84 bits per heavy atom. The number of amides is 1. The number of anilines is 1. The molecule has 0 spiro atoms. The molecule has 170 valence electrons. The molecule has 0 aliphatic rings. The Bertz CT molecular complexity index is 890. The summed E-state index contributed by atoms with van der Waals surface area (Å²) in [6.07, 6.45) is 2.17. The molecule has 0 saturated heterocycles. The van der Waals surface area contributed by atoms with E-state index in [1.54, 1.807) is 0 Å². The largest absolute Gasteiger partial charge is 0.444 e. The molecule has 1 aromatic carbocycles. The van der Waals surface area contributed by atoms with Gasteiger partial charge in [0, 0.05) is 25.9 Å². The van der Waals surface area contributed by atoms with Gasteiger partial charge in [0.2, 0.25) is 0 Å². The summed E-state index contributed by atoms with van der Waals surface area (Å²) in [5.41, 5.74) is 3.97. The first-order chi connectivity index (χ1) is 14.4. The van der Waals surface area contributed by atoms with E-state index in [9.17, 15) is 4.79 Å². The van der Waals surface area contributed by atoms with Crippen molar-refractivity contribution in [1.29, 1.82) is 0 Å². The number of nitrogens with one attached hydrogen (secondary N) is 1. The first-order valence-corrected chi connectivity index (χ1v) is 14.5. The molecule has 31 heavy (non-hydrogen) atoms. The third kappa shape index (κ3) is 7.99. The smallest absolute Gasteiger partial charge is 0.412 e. The number of aryl methyl sites for hydroxylation is 1. The number of hydrogen-bond donors (Lipinski definition) is 1. The number of carbonyl (C=O) groups is 1. The van der Waals surface area contributed by atoms with E-state index in [4.69, 9.17) is 9.47 Å². The first kappa shape index (κ1) is 24.9. The van der Waals surface area contributed by atoms with Crippen LogP contribution in [0.3, 0.4) is 0 Å². The van der Waals surface area contributed by atoms with Crippen molar-refractivity contribution in [3.63, 3.8) is 0 Å². The van der Waals surface area contributed by atoms with Gasteiger partial charge in [0.05, 0.1) is 17.7 Å². The first-order valence-electron chi connectivity index (χ1n) is 10.8. The lowest BCUT2D eigenvalue weighted by Gasteiger charge is -2.19. The van der Waals surface area contributed by atoms with Gasteiger partial charge < -0.3 is 14.0 Å². The van der Waals surface area contributed by atoms with E-state index in [1.807, 2.05) is 55.9 Å². The van der Waals surface area contributed by atoms with Gasteiger partial charge in [-0.1, -0.05) is 45.3 Å². The summed E-state index contributed by atoms with van der Waals surface area (Å²) < 4.78 is 13.3. The van der Waals surface area contributed by atoms with Crippen molar-refractivity contribution in [3.8, 4) is 0 Å². The zero-order chi connectivity index (χ0) is 23.2. The lowest BCUT2D eigenvalue weighted by molar-refractivity contribution is 0.0636. The Balaban J connectivity index is 2.10. The van der Waals surface area contributed by atoms with Crippen LogP contribution in [0.25, 0.3) is 5.57 Å².